The Labute approximate surface area is 329 Å². The van der Waals surface area contributed by atoms with Crippen LogP contribution in [0.5, 0.6) is 0 Å². The number of hydrogen-bond donors (Lipinski definition) is 0. The van der Waals surface area contributed by atoms with E-state index in [1.807, 2.05) is 0 Å². The van der Waals surface area contributed by atoms with Gasteiger partial charge >= 0.3 is 0 Å². The van der Waals surface area contributed by atoms with E-state index in [0.29, 0.717) is 0 Å². The second-order valence-corrected chi connectivity index (χ2v) is 15.3. The predicted octanol–water partition coefficient (Wildman–Crippen LogP) is 15.3. The fourth-order valence-corrected chi connectivity index (χ4v) is 8.87. The average Bonchev–Trinajstić information content (AvgIpc) is 3.50. The molecular formula is C55H41N. The molecule has 9 aromatic carbocycles. The Morgan fingerprint density at radius 3 is 1.66 bits per heavy atom. The lowest BCUT2D eigenvalue weighted by atomic mass is 9.82. The van der Waals surface area contributed by atoms with Gasteiger partial charge in [0.1, 0.15) is 0 Å². The number of hydrogen-bond acceptors (Lipinski definition) is 1. The van der Waals surface area contributed by atoms with Gasteiger partial charge in [0.25, 0.3) is 0 Å². The molecule has 0 radical (unpaired) electrons. The highest BCUT2D eigenvalue weighted by Crippen LogP contribution is 2.51. The topological polar surface area (TPSA) is 3.24 Å². The van der Waals surface area contributed by atoms with Crippen molar-refractivity contribution in [2.45, 2.75) is 19.3 Å². The minimum Gasteiger partial charge on any atom is -0.310 e. The molecule has 0 heterocycles. The molecule has 0 saturated heterocycles. The largest absolute Gasteiger partial charge is 0.310 e. The SMILES string of the molecule is CC1(C)c2ccccc2-c2ccc(N(c3ccc(-c4ccccc4-c4cccc5ccccc45)cc3)c3ccc(-c4ccccc4)cc3-c3ccccc3)cc21. The van der Waals surface area contributed by atoms with Crippen molar-refractivity contribution in [3.8, 4) is 55.6 Å². The maximum atomic E-state index is 2.46. The number of nitrogens with zero attached hydrogens (tertiary/aromatic N) is 1. The highest BCUT2D eigenvalue weighted by molar-refractivity contribution is 6.01. The molecule has 0 spiro atoms. The summed E-state index contributed by atoms with van der Waals surface area (Å²) < 4.78 is 0. The summed E-state index contributed by atoms with van der Waals surface area (Å²) in [5.74, 6) is 0. The van der Waals surface area contributed by atoms with Crippen LogP contribution >= 0.6 is 0 Å². The molecule has 10 rings (SSSR count). The second-order valence-electron chi connectivity index (χ2n) is 15.3. The van der Waals surface area contributed by atoms with Crippen LogP contribution in [0.2, 0.25) is 0 Å². The third-order valence-electron chi connectivity index (χ3n) is 11.7. The van der Waals surface area contributed by atoms with Crippen molar-refractivity contribution in [2.75, 3.05) is 4.90 Å². The molecule has 266 valence electrons. The standard InChI is InChI=1S/C55H41N/c1-55(2)52-27-14-13-25-49(52)50-34-33-44(37-53(50)55)56(54-35-30-42(38-16-5-3-6-17-38)36-51(54)40-18-7-4-8-19-40)43-31-28-41(29-32-43)46-23-11-12-24-47(46)48-26-15-21-39-20-9-10-22-45(39)48/h3-37H,1-2H3. The van der Waals surface area contributed by atoms with Crippen molar-refractivity contribution in [2.24, 2.45) is 0 Å². The number of benzene rings is 9. The van der Waals surface area contributed by atoms with Gasteiger partial charge in [0.15, 0.2) is 0 Å². The van der Waals surface area contributed by atoms with E-state index in [-0.39, 0.29) is 5.41 Å². The smallest absolute Gasteiger partial charge is 0.0540 e. The van der Waals surface area contributed by atoms with Gasteiger partial charge in [0.2, 0.25) is 0 Å². The van der Waals surface area contributed by atoms with Crippen molar-refractivity contribution < 1.29 is 0 Å². The Kier molecular flexibility index (Phi) is 8.23. The van der Waals surface area contributed by atoms with Gasteiger partial charge in [0, 0.05) is 22.4 Å². The molecule has 1 nitrogen and oxygen atoms in total. The first-order valence-corrected chi connectivity index (χ1v) is 19.5. The molecule has 0 N–H and O–H groups in total. The van der Waals surface area contributed by atoms with Gasteiger partial charge in [-0.3, -0.25) is 0 Å². The lowest BCUT2D eigenvalue weighted by Crippen LogP contribution is -2.17. The third-order valence-corrected chi connectivity index (χ3v) is 11.7. The molecule has 0 aromatic heterocycles. The number of rotatable bonds is 7. The van der Waals surface area contributed by atoms with Crippen LogP contribution in [0, 0.1) is 0 Å². The van der Waals surface area contributed by atoms with E-state index in [1.165, 1.54) is 77.5 Å². The van der Waals surface area contributed by atoms with Crippen molar-refractivity contribution in [3.05, 3.63) is 223 Å². The second kappa shape index (κ2) is 13.7. The van der Waals surface area contributed by atoms with E-state index in [0.717, 1.165) is 17.1 Å². The predicted molar refractivity (Wildman–Crippen MR) is 238 cm³/mol. The molecule has 0 saturated carbocycles. The van der Waals surface area contributed by atoms with E-state index in [9.17, 15) is 0 Å². The molecule has 1 aliphatic carbocycles. The Morgan fingerprint density at radius 1 is 0.321 bits per heavy atom. The molecule has 1 aliphatic rings. The Balaban J connectivity index is 1.15. The lowest BCUT2D eigenvalue weighted by molar-refractivity contribution is 0.660. The lowest BCUT2D eigenvalue weighted by Gasteiger charge is -2.30. The molecule has 0 amide bonds. The van der Waals surface area contributed by atoms with E-state index in [2.05, 4.69) is 231 Å². The van der Waals surface area contributed by atoms with Gasteiger partial charge in [0.05, 0.1) is 5.69 Å². The monoisotopic (exact) mass is 715 g/mol. The summed E-state index contributed by atoms with van der Waals surface area (Å²) in [5, 5.41) is 2.51. The summed E-state index contributed by atoms with van der Waals surface area (Å²) >= 11 is 0. The van der Waals surface area contributed by atoms with Crippen LogP contribution in [0.3, 0.4) is 0 Å². The van der Waals surface area contributed by atoms with Crippen molar-refractivity contribution in [1.29, 1.82) is 0 Å². The van der Waals surface area contributed by atoms with Crippen LogP contribution in [0.4, 0.5) is 17.1 Å². The number of fused-ring (bicyclic) bond motifs is 4. The summed E-state index contributed by atoms with van der Waals surface area (Å²) in [6.07, 6.45) is 0. The molecular weight excluding hydrogens is 675 g/mol. The summed E-state index contributed by atoms with van der Waals surface area (Å²) in [5.41, 5.74) is 18.3. The minimum absolute atomic E-state index is 0.123. The maximum Gasteiger partial charge on any atom is 0.0540 e. The molecule has 0 unspecified atom stereocenters. The molecule has 1 heteroatoms. The van der Waals surface area contributed by atoms with Crippen LogP contribution in [-0.4, -0.2) is 0 Å². The molecule has 56 heavy (non-hydrogen) atoms. The van der Waals surface area contributed by atoms with Crippen molar-refractivity contribution in [3.63, 3.8) is 0 Å². The summed E-state index contributed by atoms with van der Waals surface area (Å²) in [7, 11) is 0. The van der Waals surface area contributed by atoms with Gasteiger partial charge in [-0.2, -0.15) is 0 Å². The van der Waals surface area contributed by atoms with Crippen LogP contribution in [0.25, 0.3) is 66.4 Å². The Morgan fingerprint density at radius 2 is 0.875 bits per heavy atom. The highest BCUT2D eigenvalue weighted by atomic mass is 15.1. The first-order chi connectivity index (χ1) is 27.5. The quantitative estimate of drug-likeness (QED) is 0.159. The van der Waals surface area contributed by atoms with Gasteiger partial charge in [-0.1, -0.05) is 190 Å². The fourth-order valence-electron chi connectivity index (χ4n) is 8.87. The van der Waals surface area contributed by atoms with Gasteiger partial charge < -0.3 is 4.90 Å². The van der Waals surface area contributed by atoms with Crippen molar-refractivity contribution in [1.82, 2.24) is 0 Å². The van der Waals surface area contributed by atoms with E-state index >= 15 is 0 Å². The van der Waals surface area contributed by atoms with Gasteiger partial charge in [-0.15, -0.1) is 0 Å². The molecule has 0 bridgehead atoms. The highest BCUT2D eigenvalue weighted by Gasteiger charge is 2.36. The fraction of sp³-hybridized carbons (Fsp3) is 0.0545. The number of anilines is 3. The minimum atomic E-state index is -0.123. The van der Waals surface area contributed by atoms with E-state index in [4.69, 9.17) is 0 Å². The van der Waals surface area contributed by atoms with Gasteiger partial charge in [-0.25, -0.2) is 0 Å². The zero-order valence-corrected chi connectivity index (χ0v) is 31.7. The molecule has 0 aliphatic heterocycles. The zero-order valence-electron chi connectivity index (χ0n) is 31.7. The molecule has 0 atom stereocenters. The van der Waals surface area contributed by atoms with Crippen LogP contribution in [0.15, 0.2) is 212 Å². The molecule has 0 fully saturated rings. The molecule has 9 aromatic rings. The first kappa shape index (κ1) is 33.6. The first-order valence-electron chi connectivity index (χ1n) is 19.5. The summed E-state index contributed by atoms with van der Waals surface area (Å²) in [4.78, 5) is 2.46. The maximum absolute atomic E-state index is 2.46. The van der Waals surface area contributed by atoms with Gasteiger partial charge in [-0.05, 0) is 108 Å². The summed E-state index contributed by atoms with van der Waals surface area (Å²) in [6, 6.07) is 77.6. The normalized spacial score (nSPS) is 12.6. The Bertz CT molecular complexity index is 2860. The average molecular weight is 716 g/mol. The zero-order chi connectivity index (χ0) is 37.6. The van der Waals surface area contributed by atoms with E-state index < -0.39 is 0 Å². The third kappa shape index (κ3) is 5.72. The van der Waals surface area contributed by atoms with Crippen LogP contribution < -0.4 is 4.90 Å². The van der Waals surface area contributed by atoms with E-state index in [1.54, 1.807) is 0 Å². The van der Waals surface area contributed by atoms with Crippen molar-refractivity contribution >= 4 is 27.8 Å². The van der Waals surface area contributed by atoms with Crippen LogP contribution in [-0.2, 0) is 5.41 Å². The summed E-state index contributed by atoms with van der Waals surface area (Å²) in [6.45, 7) is 4.72. The Hall–Kier alpha value is -6.96. The van der Waals surface area contributed by atoms with Crippen LogP contribution in [0.1, 0.15) is 25.0 Å².